The molecule has 0 bridgehead atoms. The van der Waals surface area contributed by atoms with Crippen molar-refractivity contribution in [1.29, 1.82) is 0 Å². The number of aromatic nitrogens is 2. The largest absolute Gasteiger partial charge is 0.465 e. The Morgan fingerprint density at radius 3 is 2.56 bits per heavy atom. The molecule has 10 heteroatoms. The topological polar surface area (TPSA) is 99.5 Å². The van der Waals surface area contributed by atoms with Gasteiger partial charge in [-0.15, -0.1) is 11.3 Å². The lowest BCUT2D eigenvalue weighted by atomic mass is 10.1. The maximum Gasteiger partial charge on any atom is 0.348 e. The lowest BCUT2D eigenvalue weighted by molar-refractivity contribution is -0.119. The molecule has 1 unspecified atom stereocenters. The molecule has 0 aromatic carbocycles. The van der Waals surface area contributed by atoms with Crippen LogP contribution in [0.25, 0.3) is 0 Å². The number of anilines is 1. The third-order valence-corrected chi connectivity index (χ3v) is 5.20. The number of carbonyl (C=O) groups excluding carboxylic acids is 3. The molecule has 0 aliphatic heterocycles. The minimum Gasteiger partial charge on any atom is -0.465 e. The Bertz CT molecular complexity index is 861. The predicted molar refractivity (Wildman–Crippen MR) is 102 cm³/mol. The molecule has 2 heterocycles. The number of hydrogen-bond donors (Lipinski definition) is 1. The molecule has 2 rings (SSSR count). The smallest absolute Gasteiger partial charge is 0.348 e. The molecule has 0 radical (unpaired) electrons. The van der Waals surface area contributed by atoms with E-state index in [1.807, 2.05) is 6.92 Å². The molecule has 1 N–H and O–H groups in total. The predicted octanol–water partition coefficient (Wildman–Crippen LogP) is 3.46. The van der Waals surface area contributed by atoms with E-state index in [0.29, 0.717) is 17.0 Å². The van der Waals surface area contributed by atoms with E-state index in [4.69, 9.17) is 21.1 Å². The summed E-state index contributed by atoms with van der Waals surface area (Å²) in [5.74, 6) is -1.60. The van der Waals surface area contributed by atoms with Crippen molar-refractivity contribution in [2.24, 2.45) is 0 Å². The number of thiophene rings is 1. The summed E-state index contributed by atoms with van der Waals surface area (Å²) < 4.78 is 11.3. The van der Waals surface area contributed by atoms with Crippen molar-refractivity contribution >= 4 is 45.8 Å². The van der Waals surface area contributed by atoms with Crippen molar-refractivity contribution < 1.29 is 23.9 Å². The first-order valence-corrected chi connectivity index (χ1v) is 9.42. The van der Waals surface area contributed by atoms with Crippen LogP contribution in [0.3, 0.4) is 0 Å². The van der Waals surface area contributed by atoms with E-state index in [0.717, 1.165) is 11.3 Å². The van der Waals surface area contributed by atoms with Crippen molar-refractivity contribution in [2.45, 2.75) is 33.2 Å². The van der Waals surface area contributed by atoms with Crippen LogP contribution in [0.4, 0.5) is 5.00 Å². The van der Waals surface area contributed by atoms with Gasteiger partial charge in [-0.25, -0.2) is 9.59 Å². The van der Waals surface area contributed by atoms with Crippen molar-refractivity contribution in [2.75, 3.05) is 19.0 Å². The Balaban J connectivity index is 2.38. The quantitative estimate of drug-likeness (QED) is 0.698. The summed E-state index contributed by atoms with van der Waals surface area (Å²) in [5.41, 5.74) is 0.531. The number of esters is 2. The van der Waals surface area contributed by atoms with E-state index < -0.39 is 18.0 Å². The van der Waals surface area contributed by atoms with Crippen LogP contribution in [-0.2, 0) is 14.3 Å². The second-order valence-corrected chi connectivity index (χ2v) is 6.98. The number of nitrogens with one attached hydrogen (secondary N) is 1. The molecule has 0 aliphatic carbocycles. The molecule has 0 saturated carbocycles. The van der Waals surface area contributed by atoms with Crippen LogP contribution < -0.4 is 5.32 Å². The molecular formula is C17H20ClN3O5S. The van der Waals surface area contributed by atoms with Crippen LogP contribution in [0.5, 0.6) is 0 Å². The number of hydrogen-bond acceptors (Lipinski definition) is 7. The normalized spacial score (nSPS) is 11.7. The average Bonchev–Trinajstić information content (AvgIpc) is 3.19. The molecule has 2 aromatic rings. The number of methoxy groups -OCH3 is 1. The second kappa shape index (κ2) is 9.01. The fourth-order valence-corrected chi connectivity index (χ4v) is 3.75. The Kier molecular flexibility index (Phi) is 6.98. The van der Waals surface area contributed by atoms with E-state index in [9.17, 15) is 14.4 Å². The lowest BCUT2D eigenvalue weighted by Gasteiger charge is -2.15. The van der Waals surface area contributed by atoms with E-state index in [-0.39, 0.29) is 28.0 Å². The zero-order chi connectivity index (χ0) is 20.1. The fourth-order valence-electron chi connectivity index (χ4n) is 2.51. The number of nitrogens with zero attached hydrogens (tertiary/aromatic N) is 2. The van der Waals surface area contributed by atoms with Gasteiger partial charge in [-0.05, 0) is 25.8 Å². The van der Waals surface area contributed by atoms with Gasteiger partial charge in [0.1, 0.15) is 15.9 Å². The first-order valence-electron chi connectivity index (χ1n) is 8.23. The SMILES string of the molecule is CCOC(=O)c1sc(NC(=O)C(CC)n2cc(Cl)cn2)c(C(=O)OC)c1C. The maximum absolute atomic E-state index is 12.8. The summed E-state index contributed by atoms with van der Waals surface area (Å²) in [5, 5.41) is 7.41. The maximum atomic E-state index is 12.8. The van der Waals surface area contributed by atoms with Crippen LogP contribution in [0.2, 0.25) is 5.02 Å². The first-order chi connectivity index (χ1) is 12.8. The summed E-state index contributed by atoms with van der Waals surface area (Å²) in [6.45, 7) is 5.31. The molecular weight excluding hydrogens is 394 g/mol. The fraction of sp³-hybridized carbons (Fsp3) is 0.412. The summed E-state index contributed by atoms with van der Waals surface area (Å²) in [4.78, 5) is 37.3. The lowest BCUT2D eigenvalue weighted by Crippen LogP contribution is -2.26. The van der Waals surface area contributed by atoms with Gasteiger partial charge in [0.15, 0.2) is 0 Å². The van der Waals surface area contributed by atoms with Crippen LogP contribution >= 0.6 is 22.9 Å². The molecule has 1 atom stereocenters. The highest BCUT2D eigenvalue weighted by atomic mass is 35.5. The van der Waals surface area contributed by atoms with Gasteiger partial charge in [0, 0.05) is 6.20 Å². The van der Waals surface area contributed by atoms with Gasteiger partial charge < -0.3 is 14.8 Å². The zero-order valence-corrected chi connectivity index (χ0v) is 16.9. The van der Waals surface area contributed by atoms with E-state index in [1.54, 1.807) is 20.0 Å². The number of carbonyl (C=O) groups is 3. The first kappa shape index (κ1) is 20.9. The molecule has 0 aliphatic rings. The van der Waals surface area contributed by atoms with Crippen LogP contribution in [0.1, 0.15) is 51.9 Å². The van der Waals surface area contributed by atoms with Gasteiger partial charge in [-0.3, -0.25) is 9.48 Å². The van der Waals surface area contributed by atoms with Gasteiger partial charge >= 0.3 is 11.9 Å². The molecule has 0 saturated heterocycles. The highest BCUT2D eigenvalue weighted by Gasteiger charge is 2.29. The molecule has 2 aromatic heterocycles. The van der Waals surface area contributed by atoms with E-state index in [1.165, 1.54) is 18.0 Å². The van der Waals surface area contributed by atoms with Crippen molar-refractivity contribution in [1.82, 2.24) is 9.78 Å². The van der Waals surface area contributed by atoms with Gasteiger partial charge in [-0.2, -0.15) is 5.10 Å². The minimum atomic E-state index is -0.648. The molecule has 0 spiro atoms. The number of rotatable bonds is 7. The van der Waals surface area contributed by atoms with Crippen LogP contribution in [-0.4, -0.2) is 41.3 Å². The third-order valence-electron chi connectivity index (χ3n) is 3.81. The number of ether oxygens (including phenoxy) is 2. The summed E-state index contributed by atoms with van der Waals surface area (Å²) in [7, 11) is 1.23. The minimum absolute atomic E-state index is 0.132. The Morgan fingerprint density at radius 1 is 1.33 bits per heavy atom. The summed E-state index contributed by atoms with van der Waals surface area (Å²) >= 11 is 6.85. The third kappa shape index (κ3) is 4.48. The van der Waals surface area contributed by atoms with Crippen LogP contribution in [0.15, 0.2) is 12.4 Å². The van der Waals surface area contributed by atoms with Crippen molar-refractivity contribution in [3.8, 4) is 0 Å². The van der Waals surface area contributed by atoms with E-state index >= 15 is 0 Å². The second-order valence-electron chi connectivity index (χ2n) is 5.52. The van der Waals surface area contributed by atoms with Gasteiger partial charge in [-0.1, -0.05) is 18.5 Å². The zero-order valence-electron chi connectivity index (χ0n) is 15.4. The van der Waals surface area contributed by atoms with Crippen molar-refractivity contribution in [3.63, 3.8) is 0 Å². The molecule has 1 amide bonds. The standard InChI is InChI=1S/C17H20ClN3O5S/c1-5-11(21-8-10(18)7-19-21)14(22)20-15-12(16(23)25-4)9(3)13(27-15)17(24)26-6-2/h7-8,11H,5-6H2,1-4H3,(H,20,22). The Morgan fingerprint density at radius 2 is 2.04 bits per heavy atom. The van der Waals surface area contributed by atoms with Crippen molar-refractivity contribution in [3.05, 3.63) is 33.4 Å². The molecule has 0 fully saturated rings. The Hall–Kier alpha value is -2.39. The highest BCUT2D eigenvalue weighted by Crippen LogP contribution is 2.35. The molecule has 27 heavy (non-hydrogen) atoms. The average molecular weight is 414 g/mol. The molecule has 146 valence electrons. The number of halogens is 1. The highest BCUT2D eigenvalue weighted by molar-refractivity contribution is 7.18. The molecule has 8 nitrogen and oxygen atoms in total. The van der Waals surface area contributed by atoms with Crippen LogP contribution in [0, 0.1) is 6.92 Å². The number of amides is 1. The summed E-state index contributed by atoms with van der Waals surface area (Å²) in [6.07, 6.45) is 3.43. The Labute approximate surface area is 165 Å². The van der Waals surface area contributed by atoms with Gasteiger partial charge in [0.25, 0.3) is 0 Å². The monoisotopic (exact) mass is 413 g/mol. The van der Waals surface area contributed by atoms with Gasteiger partial charge in [0.2, 0.25) is 5.91 Å². The van der Waals surface area contributed by atoms with E-state index in [2.05, 4.69) is 10.4 Å². The van der Waals surface area contributed by atoms with Gasteiger partial charge in [0.05, 0.1) is 30.5 Å². The summed E-state index contributed by atoms with van der Waals surface area (Å²) in [6, 6.07) is -0.628.